The molecule has 3 rings (SSSR count). The number of carbonyl (C=O) groups is 1. The monoisotopic (exact) mass is 394 g/mol. The van der Waals surface area contributed by atoms with E-state index >= 15 is 0 Å². The Balaban J connectivity index is 1.81. The molecule has 0 aliphatic carbocycles. The number of amidine groups is 1. The van der Waals surface area contributed by atoms with Gasteiger partial charge in [0.2, 0.25) is 0 Å². The zero-order valence-electron chi connectivity index (χ0n) is 14.2. The third-order valence-corrected chi connectivity index (χ3v) is 5.10. The summed E-state index contributed by atoms with van der Waals surface area (Å²) >= 11 is 1.36. The molecule has 5 nitrogen and oxygen atoms in total. The number of hydrogen-bond donors (Lipinski definition) is 1. The molecule has 0 saturated heterocycles. The van der Waals surface area contributed by atoms with Gasteiger partial charge in [0.25, 0.3) is 6.43 Å². The molecule has 2 aromatic heterocycles. The highest BCUT2D eigenvalue weighted by Crippen LogP contribution is 2.35. The van der Waals surface area contributed by atoms with Crippen LogP contribution >= 0.6 is 11.8 Å². The van der Waals surface area contributed by atoms with Crippen molar-refractivity contribution >= 4 is 22.7 Å². The zero-order chi connectivity index (χ0) is 19.4. The van der Waals surface area contributed by atoms with Gasteiger partial charge in [0, 0.05) is 30.1 Å². The molecule has 0 fully saturated rings. The van der Waals surface area contributed by atoms with E-state index in [2.05, 4.69) is 15.0 Å². The normalized spacial score (nSPS) is 19.8. The summed E-state index contributed by atoms with van der Waals surface area (Å²) in [5.74, 6) is 0.300. The minimum absolute atomic E-state index is 0.00709. The van der Waals surface area contributed by atoms with Crippen LogP contribution in [0, 0.1) is 0 Å². The van der Waals surface area contributed by atoms with Crippen LogP contribution in [0.3, 0.4) is 0 Å². The van der Waals surface area contributed by atoms with Crippen molar-refractivity contribution in [2.24, 2.45) is 10.7 Å². The quantitative estimate of drug-likeness (QED) is 0.759. The average Bonchev–Trinajstić information content (AvgIpc) is 2.68. The van der Waals surface area contributed by atoms with E-state index in [0.717, 1.165) is 6.20 Å². The Morgan fingerprint density at radius 3 is 2.74 bits per heavy atom. The van der Waals surface area contributed by atoms with Gasteiger partial charge in [-0.3, -0.25) is 14.8 Å². The average molecular weight is 394 g/mol. The van der Waals surface area contributed by atoms with Gasteiger partial charge in [-0.1, -0.05) is 11.8 Å². The van der Waals surface area contributed by atoms with E-state index in [9.17, 15) is 18.0 Å². The molecule has 1 aliphatic rings. The van der Waals surface area contributed by atoms with Crippen molar-refractivity contribution in [2.45, 2.75) is 24.8 Å². The lowest BCUT2D eigenvalue weighted by Gasteiger charge is -2.30. The van der Waals surface area contributed by atoms with E-state index in [-0.39, 0.29) is 23.5 Å². The minimum Gasteiger partial charge on any atom is -0.379 e. The minimum atomic E-state index is -2.64. The highest BCUT2D eigenvalue weighted by molar-refractivity contribution is 8.13. The predicted octanol–water partition coefficient (Wildman–Crippen LogP) is 3.46. The molecule has 0 amide bonds. The van der Waals surface area contributed by atoms with Gasteiger partial charge in [-0.05, 0) is 36.2 Å². The number of aliphatic imine (C=N–C) groups is 1. The van der Waals surface area contributed by atoms with Gasteiger partial charge in [0.15, 0.2) is 11.0 Å². The van der Waals surface area contributed by atoms with Gasteiger partial charge in [-0.25, -0.2) is 18.2 Å². The topological polar surface area (TPSA) is 81.2 Å². The lowest BCUT2D eigenvalue weighted by molar-refractivity contribution is 0.0987. The standard InChI is InChI=1S/C18H17F3N4OS/c19-10-18(4-6-27-17(22)25-18)15-8-11(3-5-23-15)7-14(26)13-2-1-12(9-24-13)16(20)21/h1-3,5,8-9,16H,4,6-7,10H2,(H2,22,25)/t18-/m1/s1. The first-order valence-electron chi connectivity index (χ1n) is 8.20. The van der Waals surface area contributed by atoms with Crippen LogP contribution in [-0.2, 0) is 12.0 Å². The number of Topliss-reactive ketones (excluding diaryl/α,β-unsaturated/α-hetero) is 1. The number of alkyl halides is 3. The lowest BCUT2D eigenvalue weighted by Crippen LogP contribution is -2.34. The van der Waals surface area contributed by atoms with Crippen molar-refractivity contribution in [1.29, 1.82) is 0 Å². The summed E-state index contributed by atoms with van der Waals surface area (Å²) < 4.78 is 39.0. The van der Waals surface area contributed by atoms with Gasteiger partial charge < -0.3 is 5.73 Å². The van der Waals surface area contributed by atoms with Crippen LogP contribution in [0.4, 0.5) is 13.2 Å². The number of hydrogen-bond acceptors (Lipinski definition) is 6. The Bertz CT molecular complexity index is 860. The van der Waals surface area contributed by atoms with Gasteiger partial charge in [0.1, 0.15) is 17.9 Å². The first-order valence-corrected chi connectivity index (χ1v) is 9.19. The molecule has 2 N–H and O–H groups in total. The molecule has 142 valence electrons. The summed E-state index contributed by atoms with van der Waals surface area (Å²) in [5.41, 5.74) is 5.50. The smallest absolute Gasteiger partial charge is 0.265 e. The molecule has 1 aliphatic heterocycles. The van der Waals surface area contributed by atoms with E-state index in [4.69, 9.17) is 5.73 Å². The summed E-state index contributed by atoms with van der Waals surface area (Å²) in [6, 6.07) is 5.74. The molecule has 0 saturated carbocycles. The second-order valence-electron chi connectivity index (χ2n) is 6.14. The van der Waals surface area contributed by atoms with E-state index < -0.39 is 18.6 Å². The zero-order valence-corrected chi connectivity index (χ0v) is 15.1. The molecule has 1 atom stereocenters. The molecule has 0 radical (unpaired) electrons. The van der Waals surface area contributed by atoms with Gasteiger partial charge in [-0.15, -0.1) is 0 Å². The van der Waals surface area contributed by atoms with Crippen LogP contribution in [0.15, 0.2) is 41.7 Å². The third kappa shape index (κ3) is 4.29. The van der Waals surface area contributed by atoms with Crippen LogP contribution in [0.5, 0.6) is 0 Å². The third-order valence-electron chi connectivity index (χ3n) is 4.30. The Hall–Kier alpha value is -2.42. The van der Waals surface area contributed by atoms with Crippen LogP contribution < -0.4 is 5.73 Å². The first-order chi connectivity index (χ1) is 12.9. The number of rotatable bonds is 6. The van der Waals surface area contributed by atoms with Gasteiger partial charge in [-0.2, -0.15) is 0 Å². The van der Waals surface area contributed by atoms with Crippen molar-refractivity contribution in [2.75, 3.05) is 12.4 Å². The van der Waals surface area contributed by atoms with E-state index in [0.29, 0.717) is 28.6 Å². The summed E-state index contributed by atoms with van der Waals surface area (Å²) in [5, 5.41) is 0.311. The summed E-state index contributed by atoms with van der Waals surface area (Å²) in [4.78, 5) is 24.7. The number of ketones is 1. The van der Waals surface area contributed by atoms with E-state index in [1.54, 1.807) is 12.1 Å². The van der Waals surface area contributed by atoms with Crippen LogP contribution in [-0.4, -0.2) is 33.3 Å². The number of nitrogens with zero attached hydrogens (tertiary/aromatic N) is 3. The molecule has 0 spiro atoms. The predicted molar refractivity (Wildman–Crippen MR) is 97.8 cm³/mol. The van der Waals surface area contributed by atoms with Crippen molar-refractivity contribution in [1.82, 2.24) is 9.97 Å². The molecular weight excluding hydrogens is 377 g/mol. The van der Waals surface area contributed by atoms with Crippen molar-refractivity contribution in [3.63, 3.8) is 0 Å². The fourth-order valence-electron chi connectivity index (χ4n) is 2.79. The molecular formula is C18H17F3N4OS. The fraction of sp³-hybridized carbons (Fsp3) is 0.333. The molecule has 0 unspecified atom stereocenters. The number of carbonyl (C=O) groups excluding carboxylic acids is 1. The summed E-state index contributed by atoms with van der Waals surface area (Å²) in [6.45, 7) is -0.741. The van der Waals surface area contributed by atoms with Crippen molar-refractivity contribution in [3.8, 4) is 0 Å². The maximum absolute atomic E-state index is 13.8. The van der Waals surface area contributed by atoms with Crippen LogP contribution in [0.2, 0.25) is 0 Å². The molecule has 0 bridgehead atoms. The second kappa shape index (κ2) is 8.08. The van der Waals surface area contributed by atoms with Gasteiger partial charge >= 0.3 is 0 Å². The molecule has 0 aromatic carbocycles. The Labute approximate surface area is 158 Å². The van der Waals surface area contributed by atoms with Crippen molar-refractivity contribution < 1.29 is 18.0 Å². The Morgan fingerprint density at radius 2 is 2.11 bits per heavy atom. The maximum atomic E-state index is 13.8. The fourth-order valence-corrected chi connectivity index (χ4v) is 3.68. The van der Waals surface area contributed by atoms with E-state index in [1.165, 1.54) is 30.1 Å². The summed E-state index contributed by atoms with van der Waals surface area (Å²) in [6.07, 6.45) is 0.298. The number of thioether (sulfide) groups is 1. The van der Waals surface area contributed by atoms with Crippen LogP contribution in [0.1, 0.15) is 40.2 Å². The molecule has 2 aromatic rings. The second-order valence-corrected chi connectivity index (χ2v) is 7.26. The van der Waals surface area contributed by atoms with Crippen molar-refractivity contribution in [3.05, 3.63) is 59.2 Å². The Kier molecular flexibility index (Phi) is 5.79. The van der Waals surface area contributed by atoms with Crippen LogP contribution in [0.25, 0.3) is 0 Å². The van der Waals surface area contributed by atoms with E-state index in [1.807, 2.05) is 0 Å². The molecule has 3 heterocycles. The largest absolute Gasteiger partial charge is 0.379 e. The maximum Gasteiger partial charge on any atom is 0.265 e. The number of pyridine rings is 2. The highest BCUT2D eigenvalue weighted by Gasteiger charge is 2.36. The summed E-state index contributed by atoms with van der Waals surface area (Å²) in [7, 11) is 0. The number of nitrogens with two attached hydrogens (primary N) is 1. The molecule has 9 heteroatoms. The lowest BCUT2D eigenvalue weighted by atomic mass is 9.92. The van der Waals surface area contributed by atoms with Gasteiger partial charge in [0.05, 0.1) is 5.69 Å². The molecule has 27 heavy (non-hydrogen) atoms. The number of aromatic nitrogens is 2. The number of halogens is 3. The Morgan fingerprint density at radius 1 is 1.30 bits per heavy atom. The highest BCUT2D eigenvalue weighted by atomic mass is 32.2. The SMILES string of the molecule is NC1=N[C@](CF)(c2cc(CC(=O)c3ccc(C(F)F)cn3)ccn2)CCS1. The first kappa shape index (κ1) is 19.3.